The molecule has 0 fully saturated rings. The van der Waals surface area contributed by atoms with Crippen LogP contribution < -0.4 is 5.32 Å². The van der Waals surface area contributed by atoms with Crippen molar-refractivity contribution in [2.45, 2.75) is 31.3 Å². The lowest BCUT2D eigenvalue weighted by Gasteiger charge is -2.18. The highest BCUT2D eigenvalue weighted by molar-refractivity contribution is 7.89. The van der Waals surface area contributed by atoms with E-state index in [1.807, 2.05) is 44.2 Å². The minimum atomic E-state index is -3.48. The number of hydrogen-bond donors (Lipinski definition) is 1. The van der Waals surface area contributed by atoms with Crippen molar-refractivity contribution in [3.8, 4) is 0 Å². The van der Waals surface area contributed by atoms with E-state index >= 15 is 0 Å². The second-order valence-corrected chi connectivity index (χ2v) is 7.61. The van der Waals surface area contributed by atoms with Gasteiger partial charge in [0.2, 0.25) is 10.0 Å². The third-order valence-corrected chi connectivity index (χ3v) is 5.08. The van der Waals surface area contributed by atoms with Gasteiger partial charge in [-0.3, -0.25) is 0 Å². The van der Waals surface area contributed by atoms with Crippen LogP contribution in [-0.4, -0.2) is 25.8 Å². The summed E-state index contributed by atoms with van der Waals surface area (Å²) in [6.45, 7) is 4.44. The quantitative estimate of drug-likeness (QED) is 0.889. The van der Waals surface area contributed by atoms with Crippen LogP contribution in [0.1, 0.15) is 19.4 Å². The summed E-state index contributed by atoms with van der Waals surface area (Å²) in [6, 6.07) is 16.7. The van der Waals surface area contributed by atoms with Gasteiger partial charge in [-0.1, -0.05) is 30.3 Å². The number of sulfonamides is 1. The molecule has 0 atom stereocenters. The number of nitrogens with one attached hydrogen (secondary N) is 1. The second kappa shape index (κ2) is 6.94. The van der Waals surface area contributed by atoms with E-state index in [2.05, 4.69) is 5.32 Å². The van der Waals surface area contributed by atoms with Gasteiger partial charge in [-0.2, -0.15) is 4.31 Å². The molecule has 0 spiro atoms. The molecule has 0 aliphatic rings. The van der Waals surface area contributed by atoms with Crippen LogP contribution in [0.25, 0.3) is 0 Å². The number of benzene rings is 2. The zero-order valence-corrected chi connectivity index (χ0v) is 14.0. The highest BCUT2D eigenvalue weighted by atomic mass is 32.2. The first-order chi connectivity index (χ1) is 10.4. The van der Waals surface area contributed by atoms with Crippen LogP contribution in [0, 0.1) is 0 Å². The Labute approximate surface area is 132 Å². The lowest BCUT2D eigenvalue weighted by Crippen LogP contribution is -2.26. The largest absolute Gasteiger partial charge is 0.383 e. The molecular weight excluding hydrogens is 296 g/mol. The fourth-order valence-corrected chi connectivity index (χ4v) is 3.32. The maximum Gasteiger partial charge on any atom is 0.243 e. The molecule has 0 amide bonds. The van der Waals surface area contributed by atoms with Crippen LogP contribution in [0.5, 0.6) is 0 Å². The predicted octanol–water partition coefficient (Wildman–Crippen LogP) is 3.33. The zero-order valence-electron chi connectivity index (χ0n) is 13.2. The van der Waals surface area contributed by atoms with Gasteiger partial charge in [-0.15, -0.1) is 0 Å². The van der Waals surface area contributed by atoms with Crippen LogP contribution in [0.2, 0.25) is 0 Å². The molecule has 1 N–H and O–H groups in total. The van der Waals surface area contributed by atoms with Crippen molar-refractivity contribution in [3.63, 3.8) is 0 Å². The van der Waals surface area contributed by atoms with Crippen LogP contribution >= 0.6 is 0 Å². The maximum atomic E-state index is 12.6. The topological polar surface area (TPSA) is 49.4 Å². The highest BCUT2D eigenvalue weighted by Crippen LogP contribution is 2.19. The van der Waals surface area contributed by atoms with E-state index in [1.165, 1.54) is 4.31 Å². The van der Waals surface area contributed by atoms with Gasteiger partial charge in [0.1, 0.15) is 0 Å². The molecule has 118 valence electrons. The summed E-state index contributed by atoms with van der Waals surface area (Å²) in [7, 11) is -1.88. The lowest BCUT2D eigenvalue weighted by molar-refractivity contribution is 0.467. The van der Waals surface area contributed by atoms with Gasteiger partial charge in [0, 0.05) is 25.3 Å². The average Bonchev–Trinajstić information content (AvgIpc) is 2.48. The summed E-state index contributed by atoms with van der Waals surface area (Å²) in [5, 5.41) is 3.24. The maximum absolute atomic E-state index is 12.6. The Bertz CT molecular complexity index is 695. The lowest BCUT2D eigenvalue weighted by atomic mass is 10.2. The Kier molecular flexibility index (Phi) is 5.21. The van der Waals surface area contributed by atoms with Gasteiger partial charge < -0.3 is 5.32 Å². The molecule has 2 aromatic carbocycles. The Balaban J connectivity index is 2.15. The third-order valence-electron chi connectivity index (χ3n) is 3.27. The second-order valence-electron chi connectivity index (χ2n) is 5.57. The van der Waals surface area contributed by atoms with Crippen LogP contribution in [0.15, 0.2) is 59.5 Å². The number of anilines is 1. The molecule has 5 heteroatoms. The Hall–Kier alpha value is -1.85. The van der Waals surface area contributed by atoms with Gasteiger partial charge in [-0.25, -0.2) is 8.42 Å². The van der Waals surface area contributed by atoms with Crippen molar-refractivity contribution in [1.82, 2.24) is 4.31 Å². The van der Waals surface area contributed by atoms with Gasteiger partial charge >= 0.3 is 0 Å². The Morgan fingerprint density at radius 1 is 1.00 bits per heavy atom. The molecular formula is C17H22N2O2S. The summed E-state index contributed by atoms with van der Waals surface area (Å²) in [4.78, 5) is 0.306. The molecule has 2 rings (SSSR count). The number of hydrogen-bond acceptors (Lipinski definition) is 3. The van der Waals surface area contributed by atoms with E-state index in [0.29, 0.717) is 17.5 Å². The van der Waals surface area contributed by atoms with Gasteiger partial charge in [-0.05, 0) is 43.7 Å². The van der Waals surface area contributed by atoms with Crippen molar-refractivity contribution < 1.29 is 8.42 Å². The molecule has 4 nitrogen and oxygen atoms in total. The van der Waals surface area contributed by atoms with Crippen molar-refractivity contribution in [3.05, 3.63) is 60.2 Å². The Morgan fingerprint density at radius 3 is 2.14 bits per heavy atom. The molecule has 0 aliphatic carbocycles. The van der Waals surface area contributed by atoms with Crippen LogP contribution in [0.3, 0.4) is 0 Å². The zero-order chi connectivity index (χ0) is 16.2. The van der Waals surface area contributed by atoms with Crippen molar-refractivity contribution in [2.75, 3.05) is 12.4 Å². The molecule has 22 heavy (non-hydrogen) atoms. The normalized spacial score (nSPS) is 11.9. The molecule has 0 radical (unpaired) electrons. The molecule has 0 aromatic heterocycles. The molecule has 2 aromatic rings. The van der Waals surface area contributed by atoms with Crippen molar-refractivity contribution >= 4 is 15.7 Å². The summed E-state index contributed by atoms with van der Waals surface area (Å²) in [5.41, 5.74) is 1.88. The minimum Gasteiger partial charge on any atom is -0.383 e. The van der Waals surface area contributed by atoms with E-state index in [4.69, 9.17) is 0 Å². The fourth-order valence-electron chi connectivity index (χ4n) is 2.16. The highest BCUT2D eigenvalue weighted by Gasteiger charge is 2.20. The number of nitrogens with zero attached hydrogens (tertiary/aromatic N) is 1. The van der Waals surface area contributed by atoms with Gasteiger partial charge in [0.15, 0.2) is 0 Å². The summed E-state index contributed by atoms with van der Waals surface area (Å²) in [5.74, 6) is 0. The molecule has 0 unspecified atom stereocenters. The fraction of sp³-hybridized carbons (Fsp3) is 0.294. The molecule has 0 bridgehead atoms. The van der Waals surface area contributed by atoms with Gasteiger partial charge in [0.05, 0.1) is 4.90 Å². The molecule has 0 saturated carbocycles. The summed E-state index contributed by atoms with van der Waals surface area (Å²) in [6.07, 6.45) is 0. The molecule has 0 heterocycles. The van der Waals surface area contributed by atoms with E-state index in [0.717, 1.165) is 11.3 Å². The summed E-state index contributed by atoms with van der Waals surface area (Å²) >= 11 is 0. The monoisotopic (exact) mass is 318 g/mol. The summed E-state index contributed by atoms with van der Waals surface area (Å²) < 4.78 is 26.5. The number of rotatable bonds is 6. The van der Waals surface area contributed by atoms with E-state index in [9.17, 15) is 8.42 Å². The first-order valence-corrected chi connectivity index (χ1v) is 8.70. The van der Waals surface area contributed by atoms with Crippen molar-refractivity contribution in [2.24, 2.45) is 0 Å². The van der Waals surface area contributed by atoms with Crippen LogP contribution in [0.4, 0.5) is 5.69 Å². The SMILES string of the molecule is CC(C)Nc1ccc(S(=O)(=O)N(C)Cc2ccccc2)cc1. The molecule has 0 saturated heterocycles. The Morgan fingerprint density at radius 2 is 1.59 bits per heavy atom. The van der Waals surface area contributed by atoms with Gasteiger partial charge in [0.25, 0.3) is 0 Å². The van der Waals surface area contributed by atoms with E-state index < -0.39 is 10.0 Å². The minimum absolute atomic E-state index is 0.306. The average molecular weight is 318 g/mol. The standard InChI is InChI=1S/C17H22N2O2S/c1-14(2)18-16-9-11-17(12-10-16)22(20,21)19(3)13-15-7-5-4-6-8-15/h4-12,14,18H,13H2,1-3H3. The van der Waals surface area contributed by atoms with Crippen LogP contribution in [-0.2, 0) is 16.6 Å². The first-order valence-electron chi connectivity index (χ1n) is 7.26. The smallest absolute Gasteiger partial charge is 0.243 e. The van der Waals surface area contributed by atoms with Crippen molar-refractivity contribution in [1.29, 1.82) is 0 Å². The first kappa shape index (κ1) is 16.5. The third kappa shape index (κ3) is 4.08. The van der Waals surface area contributed by atoms with E-state index in [-0.39, 0.29) is 0 Å². The molecule has 0 aliphatic heterocycles. The van der Waals surface area contributed by atoms with E-state index in [1.54, 1.807) is 31.3 Å². The predicted molar refractivity (Wildman–Crippen MR) is 90.3 cm³/mol.